The van der Waals surface area contributed by atoms with Crippen molar-refractivity contribution in [2.75, 3.05) is 17.2 Å². The van der Waals surface area contributed by atoms with Crippen LogP contribution in [-0.2, 0) is 0 Å². The minimum absolute atomic E-state index is 0.837. The maximum absolute atomic E-state index is 4.81. The Morgan fingerprint density at radius 2 is 1.76 bits per heavy atom. The van der Waals surface area contributed by atoms with Crippen molar-refractivity contribution >= 4 is 44.8 Å². The fourth-order valence-corrected chi connectivity index (χ4v) is 4.78. The Balaban J connectivity index is 1.62. The summed E-state index contributed by atoms with van der Waals surface area (Å²) in [5.74, 6) is 0. The quantitative estimate of drug-likeness (QED) is 0.103. The Morgan fingerprint density at radius 3 is 2.44 bits per heavy atom. The first-order valence-electron chi connectivity index (χ1n) is 14.1. The molecule has 0 atom stereocenters. The molecular formula is C35H43N5S. The van der Waals surface area contributed by atoms with E-state index in [0.29, 0.717) is 0 Å². The molecular weight excluding hydrogens is 522 g/mol. The van der Waals surface area contributed by atoms with Crippen molar-refractivity contribution in [3.05, 3.63) is 119 Å². The number of aliphatic imine (C=N–C) groups is 1. The fraction of sp³-hybridized carbons (Fsp3) is 0.257. The molecule has 41 heavy (non-hydrogen) atoms. The van der Waals surface area contributed by atoms with Crippen LogP contribution in [-0.4, -0.2) is 17.2 Å². The number of unbranched alkanes of at least 4 members (excludes halogenated alkanes) is 1. The lowest BCUT2D eigenvalue weighted by molar-refractivity contribution is 0.718. The number of hydrogen-bond acceptors (Lipinski definition) is 6. The molecule has 0 aliphatic rings. The maximum Gasteiger partial charge on any atom is 0.187 e. The molecule has 1 heterocycles. The van der Waals surface area contributed by atoms with Crippen LogP contribution in [0.2, 0.25) is 0 Å². The predicted octanol–water partition coefficient (Wildman–Crippen LogP) is 9.90. The van der Waals surface area contributed by atoms with Gasteiger partial charge in [0.25, 0.3) is 0 Å². The van der Waals surface area contributed by atoms with Crippen LogP contribution in [0.1, 0.15) is 64.3 Å². The average Bonchev–Trinajstić information content (AvgIpc) is 3.43. The number of rotatable bonds is 14. The summed E-state index contributed by atoms with van der Waals surface area (Å²) in [7, 11) is 0. The normalized spacial score (nSPS) is 12.7. The Kier molecular flexibility index (Phi) is 11.9. The minimum atomic E-state index is 0.837. The van der Waals surface area contributed by atoms with Gasteiger partial charge in [0.05, 0.1) is 5.69 Å². The van der Waals surface area contributed by atoms with Crippen LogP contribution < -0.4 is 16.0 Å². The number of anilines is 3. The van der Waals surface area contributed by atoms with E-state index in [1.807, 2.05) is 51.1 Å². The molecule has 2 aromatic carbocycles. The van der Waals surface area contributed by atoms with Crippen molar-refractivity contribution in [1.29, 1.82) is 0 Å². The van der Waals surface area contributed by atoms with Crippen LogP contribution in [0, 0.1) is 6.92 Å². The molecule has 5 nitrogen and oxygen atoms in total. The zero-order chi connectivity index (χ0) is 29.8. The highest BCUT2D eigenvalue weighted by molar-refractivity contribution is 7.13. The summed E-state index contributed by atoms with van der Waals surface area (Å²) in [5, 5.41) is 13.1. The third-order valence-electron chi connectivity index (χ3n) is 6.72. The molecule has 6 heteroatoms. The summed E-state index contributed by atoms with van der Waals surface area (Å²) < 4.78 is 0. The van der Waals surface area contributed by atoms with Gasteiger partial charge in [-0.3, -0.25) is 4.99 Å². The molecule has 0 saturated carbocycles. The Labute approximate surface area is 250 Å². The van der Waals surface area contributed by atoms with Gasteiger partial charge in [0, 0.05) is 46.1 Å². The average molecular weight is 566 g/mol. The second-order valence-electron chi connectivity index (χ2n) is 9.96. The minimum Gasteiger partial charge on any atom is -0.385 e. The van der Waals surface area contributed by atoms with Crippen LogP contribution in [0.4, 0.5) is 16.5 Å². The first-order chi connectivity index (χ1) is 19.7. The summed E-state index contributed by atoms with van der Waals surface area (Å²) in [6.45, 7) is 21.7. The van der Waals surface area contributed by atoms with Crippen molar-refractivity contribution in [2.45, 2.75) is 54.4 Å². The lowest BCUT2D eigenvalue weighted by Crippen LogP contribution is -2.14. The molecule has 0 bridgehead atoms. The summed E-state index contributed by atoms with van der Waals surface area (Å²) in [6, 6.07) is 16.4. The number of nitrogens with one attached hydrogen (secondary N) is 3. The highest BCUT2D eigenvalue weighted by Crippen LogP contribution is 2.28. The van der Waals surface area contributed by atoms with E-state index in [1.165, 1.54) is 5.56 Å². The first kappa shape index (κ1) is 31.4. The molecule has 0 spiro atoms. The van der Waals surface area contributed by atoms with Gasteiger partial charge in [-0.05, 0) is 87.6 Å². The van der Waals surface area contributed by atoms with Gasteiger partial charge in [0.1, 0.15) is 0 Å². The highest BCUT2D eigenvalue weighted by atomic mass is 32.1. The van der Waals surface area contributed by atoms with E-state index < -0.39 is 0 Å². The summed E-state index contributed by atoms with van der Waals surface area (Å²) in [4.78, 5) is 9.62. The molecule has 3 N–H and O–H groups in total. The van der Waals surface area contributed by atoms with Gasteiger partial charge in [0.2, 0.25) is 0 Å². The predicted molar refractivity (Wildman–Crippen MR) is 182 cm³/mol. The summed E-state index contributed by atoms with van der Waals surface area (Å²) in [5.41, 5.74) is 11.0. The van der Waals surface area contributed by atoms with Crippen LogP contribution in [0.15, 0.2) is 107 Å². The molecule has 0 aliphatic heterocycles. The molecule has 1 aromatic heterocycles. The highest BCUT2D eigenvalue weighted by Gasteiger charge is 2.08. The molecule has 214 valence electrons. The van der Waals surface area contributed by atoms with Gasteiger partial charge in [-0.25, -0.2) is 4.98 Å². The topological polar surface area (TPSA) is 61.3 Å². The number of aryl methyl sites for hydroxylation is 1. The summed E-state index contributed by atoms with van der Waals surface area (Å²) >= 11 is 1.58. The van der Waals surface area contributed by atoms with Crippen molar-refractivity contribution in [2.24, 2.45) is 4.99 Å². The standard InChI is InChI=1S/C35H43N5S/c1-9-11-22-36-28(7)30(10-2)17-16-25(4)37-27(6)26(5)34-23-41-35(40-34)39-32-20-18-31(19-21-32)29(8)38-33-15-13-12-14-24(33)3/h10,12-21,23,36,38H,7-9,11,22H2,1-6H3,(H,39,40)/b17-16-,27-26+,30-10+,37-25-. The van der Waals surface area contributed by atoms with E-state index in [-0.39, 0.29) is 0 Å². The number of aromatic nitrogens is 1. The zero-order valence-electron chi connectivity index (χ0n) is 25.3. The van der Waals surface area contributed by atoms with E-state index in [9.17, 15) is 0 Å². The van der Waals surface area contributed by atoms with Gasteiger partial charge in [-0.2, -0.15) is 0 Å². The fourth-order valence-electron chi connectivity index (χ4n) is 4.00. The van der Waals surface area contributed by atoms with Gasteiger partial charge in [-0.1, -0.05) is 69.0 Å². The third-order valence-corrected chi connectivity index (χ3v) is 7.48. The number of nitrogens with zero attached hydrogens (tertiary/aromatic N) is 2. The number of para-hydroxylation sites is 1. The Bertz CT molecular complexity index is 1470. The molecule has 3 aromatic rings. The molecule has 0 amide bonds. The Hall–Kier alpha value is -4.16. The molecule has 0 radical (unpaired) electrons. The van der Waals surface area contributed by atoms with Crippen molar-refractivity contribution < 1.29 is 0 Å². The Morgan fingerprint density at radius 1 is 1.02 bits per heavy atom. The van der Waals surface area contributed by atoms with Crippen molar-refractivity contribution in [1.82, 2.24) is 10.3 Å². The van der Waals surface area contributed by atoms with E-state index in [1.54, 1.807) is 11.3 Å². The van der Waals surface area contributed by atoms with E-state index >= 15 is 0 Å². The molecule has 0 aliphatic carbocycles. The molecule has 0 fully saturated rings. The first-order valence-corrected chi connectivity index (χ1v) is 14.9. The number of hydrogen-bond donors (Lipinski definition) is 3. The van der Waals surface area contributed by atoms with Crippen LogP contribution in [0.25, 0.3) is 11.3 Å². The molecule has 3 rings (SSSR count). The third kappa shape index (κ3) is 9.47. The zero-order valence-corrected chi connectivity index (χ0v) is 26.1. The van der Waals surface area contributed by atoms with Crippen molar-refractivity contribution in [3.63, 3.8) is 0 Å². The lowest BCUT2D eigenvalue weighted by atomic mass is 10.1. The molecule has 0 saturated heterocycles. The maximum atomic E-state index is 4.81. The van der Waals surface area contributed by atoms with Gasteiger partial charge in [0.15, 0.2) is 5.13 Å². The summed E-state index contributed by atoms with van der Waals surface area (Å²) in [6.07, 6.45) is 8.45. The smallest absolute Gasteiger partial charge is 0.187 e. The number of thiazole rings is 1. The van der Waals surface area contributed by atoms with Gasteiger partial charge < -0.3 is 16.0 Å². The van der Waals surface area contributed by atoms with Crippen LogP contribution >= 0.6 is 11.3 Å². The van der Waals surface area contributed by atoms with Crippen LogP contribution in [0.3, 0.4) is 0 Å². The number of allylic oxidation sites excluding steroid dienone is 5. The van der Waals surface area contributed by atoms with Crippen molar-refractivity contribution in [3.8, 4) is 0 Å². The SMILES string of the molecule is C=C(NCCCC)C(/C=C\C(C)=N/C(C)=C(\C)c1csc(Nc2ccc(C(=C)Nc3ccccc3C)cc2)n1)=C/C. The van der Waals surface area contributed by atoms with Crippen LogP contribution in [0.5, 0.6) is 0 Å². The second kappa shape index (κ2) is 15.6. The lowest BCUT2D eigenvalue weighted by Gasteiger charge is -2.12. The van der Waals surface area contributed by atoms with E-state index in [2.05, 4.69) is 91.7 Å². The largest absolute Gasteiger partial charge is 0.385 e. The van der Waals surface area contributed by atoms with Gasteiger partial charge in [-0.15, -0.1) is 11.3 Å². The van der Waals surface area contributed by atoms with Gasteiger partial charge >= 0.3 is 0 Å². The second-order valence-corrected chi connectivity index (χ2v) is 10.8. The van der Waals surface area contributed by atoms with E-state index in [0.717, 1.165) is 81.1 Å². The number of benzene rings is 2. The monoisotopic (exact) mass is 565 g/mol. The molecule has 0 unspecified atom stereocenters. The van der Waals surface area contributed by atoms with E-state index in [4.69, 9.17) is 9.98 Å².